The molecule has 0 aliphatic heterocycles. The molecule has 0 aromatic heterocycles. The molecule has 8 heteroatoms. The molecule has 1 rings (SSSR count). The molecular weight excluding hydrogens is 229 g/mol. The highest BCUT2D eigenvalue weighted by atomic mass is 32.2. The predicted octanol–water partition coefficient (Wildman–Crippen LogP) is -0.637. The van der Waals surface area contributed by atoms with Crippen LogP contribution in [-0.4, -0.2) is 31.3 Å². The maximum Gasteiger partial charge on any atom is 0.488 e. The van der Waals surface area contributed by atoms with Crippen molar-refractivity contribution in [1.29, 1.82) is 0 Å². The number of benzene rings is 1. The van der Waals surface area contributed by atoms with Crippen LogP contribution in [-0.2, 0) is 9.84 Å². The topological polar surface area (TPSA) is 74.6 Å². The van der Waals surface area contributed by atoms with Crippen LogP contribution in [0.15, 0.2) is 29.2 Å². The van der Waals surface area contributed by atoms with Crippen LogP contribution in [0.5, 0.6) is 0 Å². The number of alkyl halides is 2. The summed E-state index contributed by atoms with van der Waals surface area (Å²) in [5.74, 6) is -3.52. The summed E-state index contributed by atoms with van der Waals surface area (Å²) in [4.78, 5) is -0.636. The molecule has 0 atom stereocenters. The van der Waals surface area contributed by atoms with Gasteiger partial charge in [0.1, 0.15) is 0 Å². The van der Waals surface area contributed by atoms with Crippen LogP contribution in [0.3, 0.4) is 0 Å². The first kappa shape index (κ1) is 12.1. The van der Waals surface area contributed by atoms with Gasteiger partial charge >= 0.3 is 12.9 Å². The lowest BCUT2D eigenvalue weighted by Gasteiger charge is -2.05. The minimum Gasteiger partial charge on any atom is -0.423 e. The van der Waals surface area contributed by atoms with E-state index >= 15 is 0 Å². The Balaban J connectivity index is 3.23. The largest absolute Gasteiger partial charge is 0.488 e. The molecule has 2 N–H and O–H groups in total. The van der Waals surface area contributed by atoms with Gasteiger partial charge in [0.25, 0.3) is 0 Å². The highest BCUT2D eigenvalue weighted by Gasteiger charge is 2.27. The van der Waals surface area contributed by atoms with Gasteiger partial charge in [0.2, 0.25) is 9.84 Å². The third kappa shape index (κ3) is 2.52. The molecule has 1 aromatic rings. The zero-order chi connectivity index (χ0) is 11.6. The van der Waals surface area contributed by atoms with Gasteiger partial charge in [0.05, 0.1) is 4.90 Å². The summed E-state index contributed by atoms with van der Waals surface area (Å²) in [7, 11) is -6.58. The van der Waals surface area contributed by atoms with Crippen LogP contribution >= 0.6 is 0 Å². The summed E-state index contributed by atoms with van der Waals surface area (Å²) in [6, 6.07) is 4.14. The average molecular weight is 236 g/mol. The minimum atomic E-state index is -4.69. The number of hydrogen-bond donors (Lipinski definition) is 2. The van der Waals surface area contributed by atoms with Crippen LogP contribution in [0.2, 0.25) is 0 Å². The first-order valence-corrected chi connectivity index (χ1v) is 5.38. The Morgan fingerprint density at radius 2 is 1.87 bits per heavy atom. The molecule has 0 radical (unpaired) electrons. The molecule has 4 nitrogen and oxygen atoms in total. The van der Waals surface area contributed by atoms with E-state index in [1.165, 1.54) is 6.07 Å². The van der Waals surface area contributed by atoms with E-state index in [4.69, 9.17) is 10.0 Å². The summed E-state index contributed by atoms with van der Waals surface area (Å²) in [6.45, 7) is 0. The van der Waals surface area contributed by atoms with Gasteiger partial charge in [-0.3, -0.25) is 0 Å². The van der Waals surface area contributed by atoms with E-state index < -0.39 is 27.6 Å². The van der Waals surface area contributed by atoms with Crippen molar-refractivity contribution >= 4 is 22.4 Å². The Bertz CT molecular complexity index is 446. The summed E-state index contributed by atoms with van der Waals surface area (Å²) in [5, 5.41) is 17.5. The van der Waals surface area contributed by atoms with Crippen molar-refractivity contribution in [1.82, 2.24) is 0 Å². The zero-order valence-corrected chi connectivity index (χ0v) is 8.16. The molecule has 1 aromatic carbocycles. The van der Waals surface area contributed by atoms with Gasteiger partial charge in [-0.2, -0.15) is 8.78 Å². The van der Waals surface area contributed by atoms with Crippen LogP contribution in [0.4, 0.5) is 8.78 Å². The van der Waals surface area contributed by atoms with Crippen LogP contribution in [0.1, 0.15) is 0 Å². The smallest absolute Gasteiger partial charge is 0.423 e. The van der Waals surface area contributed by atoms with E-state index in [2.05, 4.69) is 0 Å². The second-order valence-corrected chi connectivity index (χ2v) is 4.67. The van der Waals surface area contributed by atoms with Gasteiger partial charge in [0.15, 0.2) is 0 Å². The van der Waals surface area contributed by atoms with Crippen LogP contribution in [0, 0.1) is 0 Å². The summed E-state index contributed by atoms with van der Waals surface area (Å²) in [6.07, 6.45) is 0. The Labute approximate surface area is 85.2 Å². The van der Waals surface area contributed by atoms with E-state index in [9.17, 15) is 17.2 Å². The van der Waals surface area contributed by atoms with Crippen molar-refractivity contribution < 1.29 is 27.2 Å². The van der Waals surface area contributed by atoms with E-state index in [1.54, 1.807) is 0 Å². The van der Waals surface area contributed by atoms with Gasteiger partial charge in [0, 0.05) is 0 Å². The third-order valence-corrected chi connectivity index (χ3v) is 3.10. The van der Waals surface area contributed by atoms with Crippen molar-refractivity contribution in [3.8, 4) is 0 Å². The first-order chi connectivity index (χ1) is 6.85. The van der Waals surface area contributed by atoms with Crippen LogP contribution < -0.4 is 5.46 Å². The molecular formula is C7H7BF2O4S. The standard InChI is InChI=1S/C7H7BF2O4S/c9-7(10)15(13,14)6-3-1-2-5(4-6)8(11)12/h1-4,7,11-12H. The van der Waals surface area contributed by atoms with Crippen molar-refractivity contribution in [2.75, 3.05) is 0 Å². The lowest BCUT2D eigenvalue weighted by Crippen LogP contribution is -2.30. The van der Waals surface area contributed by atoms with Gasteiger partial charge in [-0.1, -0.05) is 12.1 Å². The van der Waals surface area contributed by atoms with E-state index in [0.29, 0.717) is 0 Å². The highest BCUT2D eigenvalue weighted by molar-refractivity contribution is 7.91. The molecule has 0 spiro atoms. The van der Waals surface area contributed by atoms with E-state index in [0.717, 1.165) is 18.2 Å². The molecule has 0 aliphatic rings. The molecule has 0 amide bonds. The maximum absolute atomic E-state index is 12.1. The number of rotatable bonds is 3. The molecule has 0 saturated carbocycles. The highest BCUT2D eigenvalue weighted by Crippen LogP contribution is 2.16. The lowest BCUT2D eigenvalue weighted by molar-refractivity contribution is 0.234. The Kier molecular flexibility index (Phi) is 3.43. The third-order valence-electron chi connectivity index (χ3n) is 1.72. The Hall–Kier alpha value is -0.985. The van der Waals surface area contributed by atoms with Gasteiger partial charge in [-0.25, -0.2) is 8.42 Å². The molecule has 0 fully saturated rings. The summed E-state index contributed by atoms with van der Waals surface area (Å²) in [5.41, 5.74) is -0.156. The van der Waals surface area contributed by atoms with Crippen molar-refractivity contribution in [3.05, 3.63) is 24.3 Å². The molecule has 0 saturated heterocycles. The average Bonchev–Trinajstić information content (AvgIpc) is 2.17. The normalized spacial score (nSPS) is 11.8. The zero-order valence-electron chi connectivity index (χ0n) is 7.34. The van der Waals surface area contributed by atoms with Gasteiger partial charge in [-0.15, -0.1) is 0 Å². The lowest BCUT2D eigenvalue weighted by atomic mass is 9.80. The summed E-state index contributed by atoms with van der Waals surface area (Å²) >= 11 is 0. The monoisotopic (exact) mass is 236 g/mol. The fourth-order valence-corrected chi connectivity index (χ4v) is 1.73. The number of halogens is 2. The summed E-state index contributed by atoms with van der Waals surface area (Å²) < 4.78 is 46.2. The minimum absolute atomic E-state index is 0.156. The van der Waals surface area contributed by atoms with Crippen molar-refractivity contribution in [2.24, 2.45) is 0 Å². The Morgan fingerprint density at radius 3 is 2.33 bits per heavy atom. The van der Waals surface area contributed by atoms with Crippen molar-refractivity contribution in [2.45, 2.75) is 10.7 Å². The fourth-order valence-electron chi connectivity index (χ4n) is 0.955. The van der Waals surface area contributed by atoms with Gasteiger partial charge < -0.3 is 10.0 Å². The number of hydrogen-bond acceptors (Lipinski definition) is 4. The van der Waals surface area contributed by atoms with Crippen LogP contribution in [0.25, 0.3) is 0 Å². The van der Waals surface area contributed by atoms with E-state index in [1.807, 2.05) is 0 Å². The van der Waals surface area contributed by atoms with Gasteiger partial charge in [-0.05, 0) is 17.6 Å². The second kappa shape index (κ2) is 4.25. The fraction of sp³-hybridized carbons (Fsp3) is 0.143. The molecule has 0 unspecified atom stereocenters. The second-order valence-electron chi connectivity index (χ2n) is 2.75. The van der Waals surface area contributed by atoms with Crippen molar-refractivity contribution in [3.63, 3.8) is 0 Å². The molecule has 0 aliphatic carbocycles. The van der Waals surface area contributed by atoms with E-state index in [-0.39, 0.29) is 5.46 Å². The number of sulfone groups is 1. The predicted molar refractivity (Wildman–Crippen MR) is 49.5 cm³/mol. The molecule has 82 valence electrons. The first-order valence-electron chi connectivity index (χ1n) is 3.84. The SMILES string of the molecule is O=S(=O)(c1cccc(B(O)O)c1)C(F)F. The molecule has 15 heavy (non-hydrogen) atoms. The maximum atomic E-state index is 12.1. The molecule has 0 bridgehead atoms. The quantitative estimate of drug-likeness (QED) is 0.684. The Morgan fingerprint density at radius 1 is 1.27 bits per heavy atom. The molecule has 0 heterocycles.